The van der Waals surface area contributed by atoms with E-state index in [4.69, 9.17) is 4.74 Å². The molecule has 0 radical (unpaired) electrons. The van der Waals surface area contributed by atoms with E-state index in [0.29, 0.717) is 16.7 Å². The summed E-state index contributed by atoms with van der Waals surface area (Å²) in [7, 11) is 0. The molecular weight excluding hydrogens is 344 g/mol. The van der Waals surface area contributed by atoms with Crippen molar-refractivity contribution in [2.75, 3.05) is 0 Å². The van der Waals surface area contributed by atoms with Crippen molar-refractivity contribution in [3.63, 3.8) is 0 Å². The van der Waals surface area contributed by atoms with Crippen molar-refractivity contribution in [3.8, 4) is 17.1 Å². The highest BCUT2D eigenvalue weighted by molar-refractivity contribution is 9.10. The van der Waals surface area contributed by atoms with Crippen LogP contribution in [0.4, 0.5) is 0 Å². The number of halogens is 1. The Morgan fingerprint density at radius 2 is 1.95 bits per heavy atom. The summed E-state index contributed by atoms with van der Waals surface area (Å²) < 4.78 is 6.56. The molecule has 0 aliphatic rings. The van der Waals surface area contributed by atoms with Gasteiger partial charge in [0.2, 0.25) is 0 Å². The smallest absolute Gasteiger partial charge is 0.259 e. The summed E-state index contributed by atoms with van der Waals surface area (Å²) in [5, 5.41) is 0.581. The molecule has 3 aromatic rings. The Labute approximate surface area is 136 Å². The van der Waals surface area contributed by atoms with Gasteiger partial charge >= 0.3 is 0 Å². The SMILES string of the molecule is CC(C)Oc1ccc(Br)c(-c2nc3ccccc3c(=O)[nH]2)c1. The van der Waals surface area contributed by atoms with Gasteiger partial charge in [0, 0.05) is 10.0 Å². The molecule has 4 nitrogen and oxygen atoms in total. The number of ether oxygens (including phenoxy) is 1. The summed E-state index contributed by atoms with van der Waals surface area (Å²) in [6.07, 6.45) is 0.0811. The van der Waals surface area contributed by atoms with Gasteiger partial charge < -0.3 is 9.72 Å². The van der Waals surface area contributed by atoms with Crippen LogP contribution < -0.4 is 10.3 Å². The van der Waals surface area contributed by atoms with Gasteiger partial charge in [-0.3, -0.25) is 4.79 Å². The Balaban J connectivity index is 2.16. The first kappa shape index (κ1) is 14.8. The van der Waals surface area contributed by atoms with Gasteiger partial charge in [0.05, 0.1) is 17.0 Å². The van der Waals surface area contributed by atoms with Gasteiger partial charge in [0.15, 0.2) is 0 Å². The van der Waals surface area contributed by atoms with Crippen molar-refractivity contribution in [1.29, 1.82) is 0 Å². The molecule has 0 spiro atoms. The van der Waals surface area contributed by atoms with E-state index in [1.807, 2.05) is 50.2 Å². The maximum absolute atomic E-state index is 12.2. The topological polar surface area (TPSA) is 55.0 Å². The molecule has 22 heavy (non-hydrogen) atoms. The molecule has 0 atom stereocenters. The van der Waals surface area contributed by atoms with E-state index in [1.54, 1.807) is 6.07 Å². The minimum Gasteiger partial charge on any atom is -0.491 e. The molecule has 0 amide bonds. The van der Waals surface area contributed by atoms with Gasteiger partial charge in [-0.2, -0.15) is 0 Å². The number of hydrogen-bond acceptors (Lipinski definition) is 3. The molecule has 112 valence electrons. The van der Waals surface area contributed by atoms with Crippen LogP contribution in [0.1, 0.15) is 13.8 Å². The quantitative estimate of drug-likeness (QED) is 0.765. The number of nitrogens with zero attached hydrogens (tertiary/aromatic N) is 1. The van der Waals surface area contributed by atoms with E-state index in [2.05, 4.69) is 25.9 Å². The second-order valence-electron chi connectivity index (χ2n) is 5.24. The lowest BCUT2D eigenvalue weighted by Gasteiger charge is -2.12. The lowest BCUT2D eigenvalue weighted by atomic mass is 10.2. The summed E-state index contributed by atoms with van der Waals surface area (Å²) >= 11 is 3.50. The largest absolute Gasteiger partial charge is 0.491 e. The fourth-order valence-electron chi connectivity index (χ4n) is 2.25. The first-order valence-corrected chi connectivity index (χ1v) is 7.79. The number of benzene rings is 2. The maximum atomic E-state index is 12.2. The van der Waals surface area contributed by atoms with Gasteiger partial charge in [-0.05, 0) is 44.2 Å². The number of aromatic amines is 1. The minimum atomic E-state index is -0.150. The van der Waals surface area contributed by atoms with Crippen LogP contribution in [-0.4, -0.2) is 16.1 Å². The van der Waals surface area contributed by atoms with E-state index in [1.165, 1.54) is 0 Å². The van der Waals surface area contributed by atoms with Crippen LogP contribution in [0.15, 0.2) is 51.7 Å². The molecule has 5 heteroatoms. The third-order valence-electron chi connectivity index (χ3n) is 3.18. The first-order chi connectivity index (χ1) is 10.5. The number of hydrogen-bond donors (Lipinski definition) is 1. The molecule has 0 bridgehead atoms. The number of aromatic nitrogens is 2. The average molecular weight is 359 g/mol. The third-order valence-corrected chi connectivity index (χ3v) is 3.87. The minimum absolute atomic E-state index is 0.0811. The molecule has 1 aromatic heterocycles. The van der Waals surface area contributed by atoms with Crippen LogP contribution in [0.3, 0.4) is 0 Å². The van der Waals surface area contributed by atoms with Crippen LogP contribution in [0.25, 0.3) is 22.3 Å². The molecular formula is C17H15BrN2O2. The highest BCUT2D eigenvalue weighted by Crippen LogP contribution is 2.30. The summed E-state index contributed by atoms with van der Waals surface area (Å²) in [5.74, 6) is 1.26. The van der Waals surface area contributed by atoms with E-state index >= 15 is 0 Å². The van der Waals surface area contributed by atoms with E-state index < -0.39 is 0 Å². The molecule has 3 rings (SSSR count). The van der Waals surface area contributed by atoms with Crippen LogP contribution in [-0.2, 0) is 0 Å². The molecule has 0 fully saturated rings. The van der Waals surface area contributed by atoms with Gasteiger partial charge in [-0.1, -0.05) is 28.1 Å². The van der Waals surface area contributed by atoms with Crippen LogP contribution in [0.5, 0.6) is 5.75 Å². The van der Waals surface area contributed by atoms with Crippen molar-refractivity contribution < 1.29 is 4.74 Å². The van der Waals surface area contributed by atoms with Crippen molar-refractivity contribution in [2.24, 2.45) is 0 Å². The van der Waals surface area contributed by atoms with Gasteiger partial charge in [-0.15, -0.1) is 0 Å². The Kier molecular flexibility index (Phi) is 3.98. The lowest BCUT2D eigenvalue weighted by Crippen LogP contribution is -2.10. The van der Waals surface area contributed by atoms with Crippen LogP contribution in [0, 0.1) is 0 Å². The number of H-pyrrole nitrogens is 1. The summed E-state index contributed by atoms with van der Waals surface area (Å²) in [6, 6.07) is 12.9. The number of nitrogens with one attached hydrogen (secondary N) is 1. The normalized spacial score (nSPS) is 11.1. The van der Waals surface area contributed by atoms with E-state index in [0.717, 1.165) is 15.8 Å². The van der Waals surface area contributed by atoms with E-state index in [-0.39, 0.29) is 11.7 Å². The van der Waals surface area contributed by atoms with Crippen molar-refractivity contribution in [3.05, 3.63) is 57.3 Å². The monoisotopic (exact) mass is 358 g/mol. The predicted octanol–water partition coefficient (Wildman–Crippen LogP) is 4.14. The van der Waals surface area contributed by atoms with Gasteiger partial charge in [0.25, 0.3) is 5.56 Å². The second kappa shape index (κ2) is 5.93. The Hall–Kier alpha value is -2.14. The number of para-hydroxylation sites is 1. The summed E-state index contributed by atoms with van der Waals surface area (Å²) in [6.45, 7) is 3.94. The van der Waals surface area contributed by atoms with Crippen LogP contribution >= 0.6 is 15.9 Å². The molecule has 1 heterocycles. The molecule has 0 saturated heterocycles. The third kappa shape index (κ3) is 2.90. The van der Waals surface area contributed by atoms with Crippen molar-refractivity contribution >= 4 is 26.8 Å². The zero-order valence-electron chi connectivity index (χ0n) is 12.3. The first-order valence-electron chi connectivity index (χ1n) is 7.00. The predicted molar refractivity (Wildman–Crippen MR) is 91.3 cm³/mol. The lowest BCUT2D eigenvalue weighted by molar-refractivity contribution is 0.242. The molecule has 1 N–H and O–H groups in total. The number of rotatable bonds is 3. The van der Waals surface area contributed by atoms with E-state index in [9.17, 15) is 4.79 Å². The van der Waals surface area contributed by atoms with Crippen molar-refractivity contribution in [2.45, 2.75) is 20.0 Å². The Bertz CT molecular complexity index is 887. The molecule has 0 saturated carbocycles. The van der Waals surface area contributed by atoms with Gasteiger partial charge in [0.1, 0.15) is 11.6 Å². The highest BCUT2D eigenvalue weighted by Gasteiger charge is 2.11. The Morgan fingerprint density at radius 3 is 2.73 bits per heavy atom. The maximum Gasteiger partial charge on any atom is 0.259 e. The molecule has 0 aliphatic heterocycles. The summed E-state index contributed by atoms with van der Waals surface area (Å²) in [4.78, 5) is 19.6. The van der Waals surface area contributed by atoms with Crippen molar-refractivity contribution in [1.82, 2.24) is 9.97 Å². The van der Waals surface area contributed by atoms with Gasteiger partial charge in [-0.25, -0.2) is 4.98 Å². The molecule has 0 aliphatic carbocycles. The second-order valence-corrected chi connectivity index (χ2v) is 6.09. The fourth-order valence-corrected chi connectivity index (χ4v) is 2.68. The molecule has 0 unspecified atom stereocenters. The number of fused-ring (bicyclic) bond motifs is 1. The highest BCUT2D eigenvalue weighted by atomic mass is 79.9. The zero-order valence-corrected chi connectivity index (χ0v) is 13.8. The Morgan fingerprint density at radius 1 is 1.18 bits per heavy atom. The zero-order chi connectivity index (χ0) is 15.7. The fraction of sp³-hybridized carbons (Fsp3) is 0.176. The summed E-state index contributed by atoms with van der Waals surface area (Å²) in [5.41, 5.74) is 1.31. The average Bonchev–Trinajstić information content (AvgIpc) is 2.49. The standard InChI is InChI=1S/C17H15BrN2O2/c1-10(2)22-11-7-8-14(18)13(9-11)16-19-15-6-4-3-5-12(15)17(21)20-16/h3-10H,1-2H3,(H,19,20,21). The molecule has 2 aromatic carbocycles. The van der Waals surface area contributed by atoms with Crippen LogP contribution in [0.2, 0.25) is 0 Å².